The minimum absolute atomic E-state index is 0.272. The molecule has 0 bridgehead atoms. The van der Waals surface area contributed by atoms with E-state index in [2.05, 4.69) is 44.3 Å². The van der Waals surface area contributed by atoms with E-state index in [0.717, 1.165) is 29.7 Å². The van der Waals surface area contributed by atoms with E-state index in [1.165, 1.54) is 44.1 Å². The molecule has 192 valence electrons. The van der Waals surface area contributed by atoms with Crippen molar-refractivity contribution in [2.45, 2.75) is 58.0 Å². The molecule has 0 amide bonds. The topological polar surface area (TPSA) is 78.9 Å². The van der Waals surface area contributed by atoms with E-state index in [-0.39, 0.29) is 13.2 Å². The van der Waals surface area contributed by atoms with E-state index in [9.17, 15) is 14.4 Å². The van der Waals surface area contributed by atoms with Crippen LogP contribution < -0.4 is 0 Å². The molecule has 0 aliphatic rings. The van der Waals surface area contributed by atoms with Crippen LogP contribution in [-0.2, 0) is 30.2 Å². The predicted molar refractivity (Wildman–Crippen MR) is 140 cm³/mol. The van der Waals surface area contributed by atoms with Crippen LogP contribution in [0.4, 0.5) is 0 Å². The Bertz CT molecular complexity index is 991. The maximum Gasteiger partial charge on any atom is 0.338 e. The number of hydrogen-bond donors (Lipinski definition) is 0. The quantitative estimate of drug-likeness (QED) is 0.119. The van der Waals surface area contributed by atoms with Gasteiger partial charge < -0.3 is 14.2 Å². The number of esters is 3. The fraction of sp³-hybridized carbons (Fsp3) is 0.367. The number of rotatable bonds is 16. The minimum Gasteiger partial charge on any atom is -0.458 e. The van der Waals surface area contributed by atoms with E-state index in [4.69, 9.17) is 14.2 Å². The third kappa shape index (κ3) is 10.3. The van der Waals surface area contributed by atoms with Crippen molar-refractivity contribution < 1.29 is 28.6 Å². The van der Waals surface area contributed by atoms with Gasteiger partial charge in [-0.2, -0.15) is 0 Å². The molecule has 0 radical (unpaired) electrons. The van der Waals surface area contributed by atoms with Crippen LogP contribution in [0.5, 0.6) is 0 Å². The Morgan fingerprint density at radius 1 is 0.750 bits per heavy atom. The van der Waals surface area contributed by atoms with E-state index >= 15 is 0 Å². The summed E-state index contributed by atoms with van der Waals surface area (Å²) in [5.41, 5.74) is 3.75. The Kier molecular flexibility index (Phi) is 12.8. The third-order valence-electron chi connectivity index (χ3n) is 5.65. The molecule has 0 N–H and O–H groups in total. The number of unbranched alkanes of at least 4 members (excludes halogenated alkanes) is 5. The first kappa shape index (κ1) is 28.6. The highest BCUT2D eigenvalue weighted by Crippen LogP contribution is 2.21. The fourth-order valence-electron chi connectivity index (χ4n) is 3.59. The number of ether oxygens (including phenoxy) is 3. The molecule has 0 aliphatic carbocycles. The van der Waals surface area contributed by atoms with Crippen molar-refractivity contribution in [2.75, 3.05) is 13.2 Å². The normalized spacial score (nSPS) is 11.2. The predicted octanol–water partition coefficient (Wildman–Crippen LogP) is 6.24. The van der Waals surface area contributed by atoms with Gasteiger partial charge in [0, 0.05) is 12.2 Å². The summed E-state index contributed by atoms with van der Waals surface area (Å²) >= 11 is 0. The van der Waals surface area contributed by atoms with Crippen molar-refractivity contribution in [1.29, 1.82) is 0 Å². The second kappa shape index (κ2) is 16.1. The van der Waals surface area contributed by atoms with E-state index in [1.807, 2.05) is 12.1 Å². The summed E-state index contributed by atoms with van der Waals surface area (Å²) in [5, 5.41) is 0. The molecule has 36 heavy (non-hydrogen) atoms. The monoisotopic (exact) mass is 492 g/mol. The molecular weight excluding hydrogens is 456 g/mol. The van der Waals surface area contributed by atoms with Gasteiger partial charge in [-0.25, -0.2) is 14.4 Å². The highest BCUT2D eigenvalue weighted by Gasteiger charge is 2.18. The lowest BCUT2D eigenvalue weighted by Gasteiger charge is -2.17. The zero-order valence-electron chi connectivity index (χ0n) is 21.1. The van der Waals surface area contributed by atoms with Gasteiger partial charge in [0.05, 0.1) is 5.56 Å². The Labute approximate surface area is 214 Å². The van der Waals surface area contributed by atoms with Crippen LogP contribution >= 0.6 is 0 Å². The maximum atomic E-state index is 12.5. The van der Waals surface area contributed by atoms with Gasteiger partial charge in [-0.3, -0.25) is 0 Å². The van der Waals surface area contributed by atoms with Crippen LogP contribution in [0.2, 0.25) is 0 Å². The molecule has 2 aromatic rings. The summed E-state index contributed by atoms with van der Waals surface area (Å²) in [6.45, 7) is 8.31. The van der Waals surface area contributed by atoms with Gasteiger partial charge >= 0.3 is 17.9 Å². The first-order valence-corrected chi connectivity index (χ1v) is 12.5. The highest BCUT2D eigenvalue weighted by molar-refractivity contribution is 5.90. The average molecular weight is 493 g/mol. The number of aryl methyl sites for hydroxylation is 1. The van der Waals surface area contributed by atoms with Gasteiger partial charge in [-0.1, -0.05) is 88.6 Å². The van der Waals surface area contributed by atoms with Gasteiger partial charge in [0.25, 0.3) is 0 Å². The summed E-state index contributed by atoms with van der Waals surface area (Å²) in [7, 11) is 0. The molecule has 1 atom stereocenters. The molecular formula is C30H36O6. The number of benzene rings is 2. The van der Waals surface area contributed by atoms with Crippen LogP contribution in [0.25, 0.3) is 11.1 Å². The Morgan fingerprint density at radius 2 is 1.31 bits per heavy atom. The fourth-order valence-corrected chi connectivity index (χ4v) is 3.59. The molecule has 0 heterocycles. The summed E-state index contributed by atoms with van der Waals surface area (Å²) in [6.07, 6.45) is 9.81. The second-order valence-electron chi connectivity index (χ2n) is 8.49. The van der Waals surface area contributed by atoms with Gasteiger partial charge in [-0.15, -0.1) is 0 Å². The zero-order chi connectivity index (χ0) is 26.2. The molecule has 1 unspecified atom stereocenters. The van der Waals surface area contributed by atoms with Gasteiger partial charge in [0.15, 0.2) is 6.10 Å². The highest BCUT2D eigenvalue weighted by atomic mass is 16.6. The van der Waals surface area contributed by atoms with Crippen LogP contribution in [-0.4, -0.2) is 37.2 Å². The van der Waals surface area contributed by atoms with E-state index in [0.29, 0.717) is 5.56 Å². The first-order chi connectivity index (χ1) is 17.5. The lowest BCUT2D eigenvalue weighted by Crippen LogP contribution is -2.30. The van der Waals surface area contributed by atoms with Crippen molar-refractivity contribution in [3.05, 3.63) is 85.0 Å². The van der Waals surface area contributed by atoms with Gasteiger partial charge in [0.1, 0.15) is 13.2 Å². The Balaban J connectivity index is 1.87. The van der Waals surface area contributed by atoms with Crippen LogP contribution in [0.3, 0.4) is 0 Å². The SMILES string of the molecule is C=CC(=O)OCC(COC(=O)c1ccc(-c2ccc(CCCCCCCC)cc2)cc1)OC(=O)C=C. The third-order valence-corrected chi connectivity index (χ3v) is 5.65. The summed E-state index contributed by atoms with van der Waals surface area (Å²) in [4.78, 5) is 35.3. The number of hydrogen-bond acceptors (Lipinski definition) is 6. The Hall–Kier alpha value is -3.67. The summed E-state index contributed by atoms with van der Waals surface area (Å²) < 4.78 is 15.2. The molecule has 2 aromatic carbocycles. The number of carbonyl (C=O) groups excluding carboxylic acids is 3. The van der Waals surface area contributed by atoms with E-state index in [1.54, 1.807) is 12.1 Å². The molecule has 2 rings (SSSR count). The van der Waals surface area contributed by atoms with Crippen molar-refractivity contribution in [2.24, 2.45) is 0 Å². The minimum atomic E-state index is -0.961. The molecule has 0 aliphatic heterocycles. The van der Waals surface area contributed by atoms with Crippen LogP contribution in [0.1, 0.15) is 61.4 Å². The van der Waals surface area contributed by atoms with Crippen molar-refractivity contribution in [1.82, 2.24) is 0 Å². The largest absolute Gasteiger partial charge is 0.458 e. The molecule has 6 nitrogen and oxygen atoms in total. The molecule has 0 saturated heterocycles. The zero-order valence-corrected chi connectivity index (χ0v) is 21.1. The van der Waals surface area contributed by atoms with Crippen molar-refractivity contribution >= 4 is 17.9 Å². The average Bonchev–Trinajstić information content (AvgIpc) is 2.92. The smallest absolute Gasteiger partial charge is 0.338 e. The molecule has 0 saturated carbocycles. The second-order valence-corrected chi connectivity index (χ2v) is 8.49. The molecule has 0 fully saturated rings. The Morgan fingerprint density at radius 3 is 1.92 bits per heavy atom. The van der Waals surface area contributed by atoms with Gasteiger partial charge in [-0.05, 0) is 41.7 Å². The first-order valence-electron chi connectivity index (χ1n) is 12.5. The lowest BCUT2D eigenvalue weighted by molar-refractivity contribution is -0.155. The van der Waals surface area contributed by atoms with Crippen molar-refractivity contribution in [3.63, 3.8) is 0 Å². The van der Waals surface area contributed by atoms with Gasteiger partial charge in [0.2, 0.25) is 0 Å². The van der Waals surface area contributed by atoms with E-state index < -0.39 is 24.0 Å². The maximum absolute atomic E-state index is 12.5. The standard InChI is InChI=1S/C30H36O6/c1-4-7-8-9-10-11-12-23-13-15-24(16-14-23)25-17-19-26(20-18-25)30(33)35-22-27(36-29(32)6-3)21-34-28(31)5-2/h5-6,13-20,27H,2-4,7-12,21-22H2,1H3. The molecule has 6 heteroatoms. The van der Waals surface area contributed by atoms with Crippen LogP contribution in [0, 0.1) is 0 Å². The summed E-state index contributed by atoms with van der Waals surface area (Å²) in [6, 6.07) is 15.6. The molecule has 0 aromatic heterocycles. The number of carbonyl (C=O) groups is 3. The summed E-state index contributed by atoms with van der Waals surface area (Å²) in [5.74, 6) is -1.97. The lowest BCUT2D eigenvalue weighted by atomic mass is 10.00. The molecule has 0 spiro atoms. The van der Waals surface area contributed by atoms with Crippen molar-refractivity contribution in [3.8, 4) is 11.1 Å². The van der Waals surface area contributed by atoms with Crippen LogP contribution in [0.15, 0.2) is 73.8 Å².